The van der Waals surface area contributed by atoms with Gasteiger partial charge < -0.3 is 19.4 Å². The molecule has 3 heterocycles. The van der Waals surface area contributed by atoms with E-state index in [4.69, 9.17) is 14.5 Å². The van der Waals surface area contributed by atoms with Crippen LogP contribution < -0.4 is 10.9 Å². The summed E-state index contributed by atoms with van der Waals surface area (Å²) < 4.78 is 26.9. The van der Waals surface area contributed by atoms with Crippen molar-refractivity contribution in [2.45, 2.75) is 45.4 Å². The Morgan fingerprint density at radius 3 is 2.77 bits per heavy atom. The standard InChI is InChI=1S/C26H26FN3O5/c1-13-14-5-4-6-15-17-10-30-21(25(17)29-20(24(14)15)8-19(13)27)7-16(18(12-34-3)26(30)33)22(11-31)35-23(32)9-28-2/h7-8,11,22,28H,4-6,9-10,12H2,1-3H3/t22-/m1/s1. The molecular formula is C26H26FN3O5. The number of likely N-dealkylation sites (N-methyl/N-ethyl adjacent to an activating group) is 1. The number of benzene rings is 1. The fourth-order valence-electron chi connectivity index (χ4n) is 5.36. The molecule has 0 spiro atoms. The van der Waals surface area contributed by atoms with Gasteiger partial charge in [0.25, 0.3) is 5.56 Å². The van der Waals surface area contributed by atoms with Crippen molar-refractivity contribution in [1.82, 2.24) is 14.9 Å². The molecule has 0 bridgehead atoms. The molecule has 2 aromatic heterocycles. The molecule has 2 aliphatic rings. The second kappa shape index (κ2) is 8.98. The van der Waals surface area contributed by atoms with Crippen LogP contribution in [-0.2, 0) is 45.1 Å². The van der Waals surface area contributed by atoms with Crippen LogP contribution in [0.4, 0.5) is 4.39 Å². The summed E-state index contributed by atoms with van der Waals surface area (Å²) in [6.07, 6.45) is 1.73. The van der Waals surface area contributed by atoms with Crippen LogP contribution in [0.25, 0.3) is 22.3 Å². The lowest BCUT2D eigenvalue weighted by atomic mass is 9.85. The molecule has 1 aromatic carbocycles. The van der Waals surface area contributed by atoms with Crippen molar-refractivity contribution in [1.29, 1.82) is 0 Å². The Bertz CT molecular complexity index is 1450. The second-order valence-electron chi connectivity index (χ2n) is 8.99. The van der Waals surface area contributed by atoms with Crippen LogP contribution in [0.1, 0.15) is 45.9 Å². The van der Waals surface area contributed by atoms with E-state index in [9.17, 15) is 18.8 Å². The molecule has 35 heavy (non-hydrogen) atoms. The van der Waals surface area contributed by atoms with E-state index in [2.05, 4.69) is 5.32 Å². The van der Waals surface area contributed by atoms with Gasteiger partial charge in [0.1, 0.15) is 5.82 Å². The number of carbonyl (C=O) groups is 2. The lowest BCUT2D eigenvalue weighted by molar-refractivity contribution is -0.151. The number of ether oxygens (including phenoxy) is 2. The molecule has 1 N–H and O–H groups in total. The van der Waals surface area contributed by atoms with Crippen molar-refractivity contribution in [2.75, 3.05) is 20.7 Å². The van der Waals surface area contributed by atoms with E-state index in [1.807, 2.05) is 0 Å². The van der Waals surface area contributed by atoms with Gasteiger partial charge in [-0.05, 0) is 56.0 Å². The maximum atomic E-state index is 14.7. The van der Waals surface area contributed by atoms with Gasteiger partial charge >= 0.3 is 5.97 Å². The molecule has 0 radical (unpaired) electrons. The van der Waals surface area contributed by atoms with Crippen LogP contribution in [0.5, 0.6) is 0 Å². The van der Waals surface area contributed by atoms with Crippen molar-refractivity contribution in [3.05, 3.63) is 61.7 Å². The molecule has 0 saturated heterocycles. The van der Waals surface area contributed by atoms with Crippen molar-refractivity contribution in [2.24, 2.45) is 0 Å². The van der Waals surface area contributed by atoms with Gasteiger partial charge in [-0.1, -0.05) is 0 Å². The van der Waals surface area contributed by atoms with Crippen LogP contribution in [0.2, 0.25) is 0 Å². The van der Waals surface area contributed by atoms with E-state index in [1.54, 1.807) is 24.6 Å². The average molecular weight is 480 g/mol. The van der Waals surface area contributed by atoms with Crippen molar-refractivity contribution >= 4 is 23.2 Å². The Hall–Kier alpha value is -3.43. The third-order valence-corrected chi connectivity index (χ3v) is 6.96. The number of carbonyl (C=O) groups excluding carboxylic acids is 2. The normalized spacial score (nSPS) is 14.5. The number of halogens is 1. The monoisotopic (exact) mass is 479 g/mol. The van der Waals surface area contributed by atoms with Gasteiger partial charge in [0, 0.05) is 29.7 Å². The minimum atomic E-state index is -1.27. The van der Waals surface area contributed by atoms with Crippen LogP contribution in [0.15, 0.2) is 16.9 Å². The summed E-state index contributed by atoms with van der Waals surface area (Å²) in [6, 6.07) is 3.13. The van der Waals surface area contributed by atoms with Crippen molar-refractivity contribution in [3.8, 4) is 11.4 Å². The zero-order valence-electron chi connectivity index (χ0n) is 19.9. The van der Waals surface area contributed by atoms with Crippen LogP contribution in [-0.4, -0.2) is 42.5 Å². The van der Waals surface area contributed by atoms with Crippen LogP contribution >= 0.6 is 0 Å². The number of hydrogen-bond donors (Lipinski definition) is 1. The topological polar surface area (TPSA) is 99.5 Å². The summed E-state index contributed by atoms with van der Waals surface area (Å²) in [5.41, 5.74) is 5.53. The smallest absolute Gasteiger partial charge is 0.320 e. The Morgan fingerprint density at radius 1 is 1.29 bits per heavy atom. The Balaban J connectivity index is 1.74. The van der Waals surface area contributed by atoms with E-state index < -0.39 is 12.1 Å². The summed E-state index contributed by atoms with van der Waals surface area (Å²) >= 11 is 0. The molecule has 0 unspecified atom stereocenters. The number of esters is 1. The fourth-order valence-corrected chi connectivity index (χ4v) is 5.36. The minimum Gasteiger partial charge on any atom is -0.449 e. The highest BCUT2D eigenvalue weighted by atomic mass is 19.1. The first-order valence-corrected chi connectivity index (χ1v) is 11.6. The number of hydrogen-bond acceptors (Lipinski definition) is 7. The Labute approximate surface area is 201 Å². The quantitative estimate of drug-likeness (QED) is 0.321. The van der Waals surface area contributed by atoms with Gasteiger partial charge in [-0.25, -0.2) is 9.37 Å². The zero-order chi connectivity index (χ0) is 24.9. The molecule has 0 fully saturated rings. The average Bonchev–Trinajstić information content (AvgIpc) is 3.22. The number of pyridine rings is 2. The number of nitrogens with one attached hydrogen (secondary N) is 1. The third kappa shape index (κ3) is 3.66. The molecule has 3 aromatic rings. The van der Waals surface area contributed by atoms with Crippen molar-refractivity contribution < 1.29 is 23.5 Å². The lowest BCUT2D eigenvalue weighted by Crippen LogP contribution is -2.29. The van der Waals surface area contributed by atoms with Gasteiger partial charge in [-0.2, -0.15) is 0 Å². The number of rotatable bonds is 7. The molecule has 0 saturated carbocycles. The Kier molecular flexibility index (Phi) is 5.98. The predicted molar refractivity (Wildman–Crippen MR) is 127 cm³/mol. The molecule has 0 amide bonds. The predicted octanol–water partition coefficient (Wildman–Crippen LogP) is 2.51. The van der Waals surface area contributed by atoms with E-state index >= 15 is 0 Å². The third-order valence-electron chi connectivity index (χ3n) is 6.96. The minimum absolute atomic E-state index is 0.0461. The number of aldehydes is 1. The van der Waals surface area contributed by atoms with E-state index in [-0.39, 0.29) is 35.7 Å². The highest BCUT2D eigenvalue weighted by Gasteiger charge is 2.32. The summed E-state index contributed by atoms with van der Waals surface area (Å²) in [5, 5.41) is 3.67. The summed E-state index contributed by atoms with van der Waals surface area (Å²) in [5.74, 6) is -0.919. The van der Waals surface area contributed by atoms with Crippen LogP contribution in [0, 0.1) is 12.7 Å². The first-order chi connectivity index (χ1) is 16.9. The maximum Gasteiger partial charge on any atom is 0.320 e. The number of fused-ring (bicyclic) bond motifs is 4. The van der Waals surface area contributed by atoms with Crippen LogP contribution in [0.3, 0.4) is 0 Å². The molecule has 1 aliphatic carbocycles. The molecule has 182 valence electrons. The Morgan fingerprint density at radius 2 is 2.06 bits per heavy atom. The lowest BCUT2D eigenvalue weighted by Gasteiger charge is -2.22. The number of aryl methyl sites for hydroxylation is 2. The van der Waals surface area contributed by atoms with Gasteiger partial charge in [-0.3, -0.25) is 14.4 Å². The summed E-state index contributed by atoms with van der Waals surface area (Å²) in [4.78, 5) is 42.4. The van der Waals surface area contributed by atoms with Gasteiger partial charge in [-0.15, -0.1) is 0 Å². The molecule has 8 nitrogen and oxygen atoms in total. The molecule has 1 atom stereocenters. The van der Waals surface area contributed by atoms with Gasteiger partial charge in [0.15, 0.2) is 12.4 Å². The summed E-state index contributed by atoms with van der Waals surface area (Å²) in [7, 11) is 3.04. The highest BCUT2D eigenvalue weighted by molar-refractivity contribution is 5.92. The summed E-state index contributed by atoms with van der Waals surface area (Å²) in [6.45, 7) is 2.00. The SMILES string of the molecule is CNCC(=O)O[C@H](C=O)c1cc2n(c(=O)c1COC)Cc1c-2nc2cc(F)c(C)c3c2c1CCC3. The number of aromatic nitrogens is 2. The number of methoxy groups -OCH3 is 1. The first-order valence-electron chi connectivity index (χ1n) is 11.6. The molecular weight excluding hydrogens is 453 g/mol. The molecule has 9 heteroatoms. The van der Waals surface area contributed by atoms with E-state index in [1.165, 1.54) is 13.2 Å². The fraction of sp³-hybridized carbons (Fsp3) is 0.385. The molecule has 1 aliphatic heterocycles. The van der Waals surface area contributed by atoms with Gasteiger partial charge in [0.2, 0.25) is 0 Å². The molecule has 5 rings (SSSR count). The number of nitrogens with zero attached hydrogens (tertiary/aromatic N) is 2. The first kappa shape index (κ1) is 23.3. The van der Waals surface area contributed by atoms with E-state index in [0.29, 0.717) is 35.3 Å². The van der Waals surface area contributed by atoms with E-state index in [0.717, 1.165) is 41.3 Å². The van der Waals surface area contributed by atoms with Crippen molar-refractivity contribution in [3.63, 3.8) is 0 Å². The largest absolute Gasteiger partial charge is 0.449 e. The second-order valence-corrected chi connectivity index (χ2v) is 8.99. The maximum absolute atomic E-state index is 14.7. The zero-order valence-corrected chi connectivity index (χ0v) is 19.9. The van der Waals surface area contributed by atoms with Gasteiger partial charge in [0.05, 0.1) is 42.2 Å². The highest BCUT2D eigenvalue weighted by Crippen LogP contribution is 2.41.